The molecule has 4 rings (SSSR count). The molecule has 1 aromatic carbocycles. The summed E-state index contributed by atoms with van der Waals surface area (Å²) in [5.41, 5.74) is 2.08. The summed E-state index contributed by atoms with van der Waals surface area (Å²) in [5, 5.41) is 2.23. The molecule has 0 N–H and O–H groups in total. The van der Waals surface area contributed by atoms with Crippen molar-refractivity contribution in [2.75, 3.05) is 18.0 Å². The van der Waals surface area contributed by atoms with Gasteiger partial charge in [-0.15, -0.1) is 0 Å². The van der Waals surface area contributed by atoms with Crippen LogP contribution in [0.3, 0.4) is 0 Å². The molecule has 2 aliphatic heterocycles. The number of hydrogen-bond acceptors (Lipinski definition) is 6. The lowest BCUT2D eigenvalue weighted by molar-refractivity contribution is -0.122. The van der Waals surface area contributed by atoms with E-state index in [1.54, 1.807) is 22.9 Å². The van der Waals surface area contributed by atoms with Gasteiger partial charge in [0.1, 0.15) is 9.90 Å². The fraction of sp³-hybridized carbons (Fsp3) is 0.222. The lowest BCUT2D eigenvalue weighted by atomic mass is 10.2. The highest BCUT2D eigenvalue weighted by Gasteiger charge is 2.31. The topological polar surface area (TPSA) is 36.7 Å². The molecule has 0 bridgehead atoms. The average molecular weight is 389 g/mol. The molecule has 0 spiro atoms. The first-order chi connectivity index (χ1) is 12.1. The molecule has 2 aromatic rings. The molecule has 0 unspecified atom stereocenters. The maximum atomic E-state index is 12.3. The van der Waals surface area contributed by atoms with E-state index in [1.165, 1.54) is 22.3 Å². The third kappa shape index (κ3) is 2.70. The molecule has 0 saturated carbocycles. The van der Waals surface area contributed by atoms with E-state index in [1.807, 2.05) is 31.2 Å². The maximum Gasteiger partial charge on any atom is 0.266 e. The Hall–Kier alpha value is -1.70. The predicted octanol–water partition coefficient (Wildman–Crippen LogP) is 4.97. The van der Waals surface area contributed by atoms with Gasteiger partial charge in [0.15, 0.2) is 0 Å². The van der Waals surface area contributed by atoms with Crippen LogP contribution in [0.5, 0.6) is 0 Å². The van der Waals surface area contributed by atoms with Gasteiger partial charge in [-0.25, -0.2) is 0 Å². The van der Waals surface area contributed by atoms with Crippen LogP contribution >= 0.6 is 35.7 Å². The molecule has 7 heteroatoms. The third-order valence-electron chi connectivity index (χ3n) is 4.21. The highest BCUT2D eigenvalue weighted by atomic mass is 32.2. The monoisotopic (exact) mass is 388 g/mol. The van der Waals surface area contributed by atoms with Crippen LogP contribution < -0.4 is 4.90 Å². The highest BCUT2D eigenvalue weighted by molar-refractivity contribution is 8.26. The standard InChI is InChI=1S/C18H16N2O2S3/c1-3-19-12-5-6-13-11(9-10-22-13)16(12)25-15(19)8-7-14-17(21)20(4-2)18(23)24-14/h5-10H,3-4H2,1-2H3/b14-7-,15-8-. The van der Waals surface area contributed by atoms with Crippen LogP contribution in [0, 0.1) is 0 Å². The third-order valence-corrected chi connectivity index (χ3v) is 6.81. The number of thiocarbonyl (C=S) groups is 1. The quantitative estimate of drug-likeness (QED) is 0.546. The number of anilines is 1. The normalized spacial score (nSPS) is 20.6. The molecule has 0 radical (unpaired) electrons. The summed E-state index contributed by atoms with van der Waals surface area (Å²) in [6.45, 7) is 5.53. The maximum absolute atomic E-state index is 12.3. The molecule has 1 fully saturated rings. The number of thioether (sulfide) groups is 2. The Morgan fingerprint density at radius 1 is 1.12 bits per heavy atom. The first kappa shape index (κ1) is 16.8. The second kappa shape index (κ2) is 6.55. The summed E-state index contributed by atoms with van der Waals surface area (Å²) in [6, 6.07) is 6.10. The van der Waals surface area contributed by atoms with E-state index in [9.17, 15) is 4.79 Å². The zero-order valence-corrected chi connectivity index (χ0v) is 16.3. The van der Waals surface area contributed by atoms with Crippen LogP contribution in [0.2, 0.25) is 0 Å². The van der Waals surface area contributed by atoms with Crippen LogP contribution in [-0.4, -0.2) is 28.2 Å². The van der Waals surface area contributed by atoms with Gasteiger partial charge in [0, 0.05) is 23.4 Å². The Kier molecular flexibility index (Phi) is 4.39. The molecule has 1 amide bonds. The fourth-order valence-corrected chi connectivity index (χ4v) is 5.56. The Morgan fingerprint density at radius 2 is 1.92 bits per heavy atom. The molecule has 2 aliphatic rings. The second-order valence-corrected chi connectivity index (χ2v) is 8.25. The van der Waals surface area contributed by atoms with Crippen molar-refractivity contribution in [3.05, 3.63) is 46.5 Å². The first-order valence-electron chi connectivity index (χ1n) is 8.05. The average Bonchev–Trinajstić information content (AvgIpc) is 3.27. The summed E-state index contributed by atoms with van der Waals surface area (Å²) < 4.78 is 6.14. The number of amides is 1. The number of hydrogen-bond donors (Lipinski definition) is 0. The SMILES string of the molecule is CCN1C(=O)/C(=C/C=C2\Sc3c(ccc4occc34)N2CC)SC1=S. The number of carbonyl (C=O) groups is 1. The van der Waals surface area contributed by atoms with E-state index in [4.69, 9.17) is 16.6 Å². The number of likely N-dealkylation sites (N-methyl/N-ethyl adjacent to an activating group) is 1. The molecule has 1 saturated heterocycles. The number of carbonyl (C=O) groups excluding carboxylic acids is 1. The van der Waals surface area contributed by atoms with E-state index in [0.717, 1.165) is 22.5 Å². The van der Waals surface area contributed by atoms with Crippen molar-refractivity contribution in [3.8, 4) is 0 Å². The summed E-state index contributed by atoms with van der Waals surface area (Å²) in [5.74, 6) is -0.00451. The van der Waals surface area contributed by atoms with Gasteiger partial charge in [-0.05, 0) is 44.2 Å². The Bertz CT molecular complexity index is 945. The van der Waals surface area contributed by atoms with E-state index in [2.05, 4.69) is 17.9 Å². The van der Waals surface area contributed by atoms with Crippen LogP contribution in [0.1, 0.15) is 13.8 Å². The largest absolute Gasteiger partial charge is 0.464 e. The van der Waals surface area contributed by atoms with E-state index in [-0.39, 0.29) is 5.91 Å². The molecule has 1 aromatic heterocycles. The molecular formula is C18H16N2O2S3. The lowest BCUT2D eigenvalue weighted by Crippen LogP contribution is -2.27. The van der Waals surface area contributed by atoms with Crippen LogP contribution in [0.25, 0.3) is 11.0 Å². The summed E-state index contributed by atoms with van der Waals surface area (Å²) in [4.78, 5) is 18.1. The zero-order chi connectivity index (χ0) is 17.6. The van der Waals surface area contributed by atoms with Gasteiger partial charge in [0.25, 0.3) is 5.91 Å². The van der Waals surface area contributed by atoms with Gasteiger partial charge in [0.05, 0.1) is 21.9 Å². The van der Waals surface area contributed by atoms with Crippen molar-refractivity contribution in [2.24, 2.45) is 0 Å². The van der Waals surface area contributed by atoms with Crippen molar-refractivity contribution in [2.45, 2.75) is 18.7 Å². The molecular weight excluding hydrogens is 372 g/mol. The van der Waals surface area contributed by atoms with Gasteiger partial charge < -0.3 is 9.32 Å². The van der Waals surface area contributed by atoms with Crippen molar-refractivity contribution >= 4 is 62.6 Å². The van der Waals surface area contributed by atoms with Gasteiger partial charge in [-0.1, -0.05) is 35.7 Å². The minimum absolute atomic E-state index is 0.00451. The lowest BCUT2D eigenvalue weighted by Gasteiger charge is -2.17. The minimum Gasteiger partial charge on any atom is -0.464 e. The number of furan rings is 1. The minimum atomic E-state index is -0.00451. The number of nitrogens with zero attached hydrogens (tertiary/aromatic N) is 2. The number of allylic oxidation sites excluding steroid dienone is 2. The highest BCUT2D eigenvalue weighted by Crippen LogP contribution is 2.49. The molecule has 3 heterocycles. The summed E-state index contributed by atoms with van der Waals surface area (Å²) in [7, 11) is 0. The summed E-state index contributed by atoms with van der Waals surface area (Å²) >= 11 is 8.35. The van der Waals surface area contributed by atoms with E-state index < -0.39 is 0 Å². The summed E-state index contributed by atoms with van der Waals surface area (Å²) in [6.07, 6.45) is 5.63. The molecule has 25 heavy (non-hydrogen) atoms. The number of benzene rings is 1. The van der Waals surface area contributed by atoms with Gasteiger partial charge in [-0.3, -0.25) is 9.69 Å². The molecule has 0 atom stereocenters. The Balaban J connectivity index is 1.69. The van der Waals surface area contributed by atoms with Gasteiger partial charge in [0.2, 0.25) is 0 Å². The first-order valence-corrected chi connectivity index (χ1v) is 10.1. The van der Waals surface area contributed by atoms with E-state index in [0.29, 0.717) is 15.8 Å². The molecule has 128 valence electrons. The van der Waals surface area contributed by atoms with Crippen molar-refractivity contribution < 1.29 is 9.21 Å². The Morgan fingerprint density at radius 3 is 2.64 bits per heavy atom. The van der Waals surface area contributed by atoms with Crippen LogP contribution in [0.4, 0.5) is 5.69 Å². The van der Waals surface area contributed by atoms with Gasteiger partial charge in [-0.2, -0.15) is 0 Å². The molecule has 4 nitrogen and oxygen atoms in total. The van der Waals surface area contributed by atoms with E-state index >= 15 is 0 Å². The second-order valence-electron chi connectivity index (χ2n) is 5.55. The van der Waals surface area contributed by atoms with Crippen LogP contribution in [0.15, 0.2) is 55.9 Å². The number of rotatable bonds is 3. The molecule has 0 aliphatic carbocycles. The van der Waals surface area contributed by atoms with Crippen LogP contribution in [-0.2, 0) is 4.79 Å². The van der Waals surface area contributed by atoms with Crippen molar-refractivity contribution in [3.63, 3.8) is 0 Å². The Labute approximate surface area is 159 Å². The van der Waals surface area contributed by atoms with Crippen molar-refractivity contribution in [1.82, 2.24) is 4.90 Å². The smallest absolute Gasteiger partial charge is 0.266 e. The fourth-order valence-electron chi connectivity index (χ4n) is 2.99. The predicted molar refractivity (Wildman–Crippen MR) is 109 cm³/mol. The number of fused-ring (bicyclic) bond motifs is 3. The van der Waals surface area contributed by atoms with Gasteiger partial charge >= 0.3 is 0 Å². The zero-order valence-electron chi connectivity index (χ0n) is 13.8. The van der Waals surface area contributed by atoms with Crippen molar-refractivity contribution in [1.29, 1.82) is 0 Å².